The Hall–Kier alpha value is -2.70. The van der Waals surface area contributed by atoms with E-state index >= 15 is 0 Å². The number of hydrogen-bond donors (Lipinski definition) is 1. The molecule has 1 atom stereocenters. The summed E-state index contributed by atoms with van der Waals surface area (Å²) in [5, 5.41) is 0. The molecule has 2 aromatic heterocycles. The number of likely N-dealkylation sites (N-methyl/N-ethyl adjacent to an activating group) is 1. The Kier molecular flexibility index (Phi) is 6.79. The fourth-order valence-electron chi connectivity index (χ4n) is 3.72. The van der Waals surface area contributed by atoms with Crippen LogP contribution in [0.15, 0.2) is 30.5 Å². The van der Waals surface area contributed by atoms with Gasteiger partial charge in [-0.2, -0.15) is 4.98 Å². The smallest absolute Gasteiger partial charge is 0.222 e. The van der Waals surface area contributed by atoms with Crippen LogP contribution < -0.4 is 10.6 Å². The second-order valence-electron chi connectivity index (χ2n) is 7.61. The highest BCUT2D eigenvalue weighted by atomic mass is 16.2. The number of carbonyl (C=O) groups is 1. The number of nitrogen functional groups attached to an aromatic ring is 1. The van der Waals surface area contributed by atoms with Crippen LogP contribution in [0.3, 0.4) is 0 Å². The van der Waals surface area contributed by atoms with E-state index in [2.05, 4.69) is 19.9 Å². The molecule has 7 nitrogen and oxygen atoms in total. The summed E-state index contributed by atoms with van der Waals surface area (Å²) >= 11 is 0. The average Bonchev–Trinajstić information content (AvgIpc) is 2.70. The topological polar surface area (TPSA) is 88.2 Å². The fraction of sp³-hybridized carbons (Fsp3) is 0.524. The minimum atomic E-state index is 0.204. The molecule has 1 amide bonds. The predicted octanol–water partition coefficient (Wildman–Crippen LogP) is 2.46. The van der Waals surface area contributed by atoms with Gasteiger partial charge in [-0.25, -0.2) is 4.98 Å². The number of aromatic nitrogens is 3. The largest absolute Gasteiger partial charge is 0.368 e. The number of anilines is 2. The van der Waals surface area contributed by atoms with E-state index in [0.717, 1.165) is 56.0 Å². The van der Waals surface area contributed by atoms with Crippen molar-refractivity contribution in [2.24, 2.45) is 5.92 Å². The molecule has 2 aromatic rings. The van der Waals surface area contributed by atoms with E-state index in [1.807, 2.05) is 43.1 Å². The first kappa shape index (κ1) is 20.0. The van der Waals surface area contributed by atoms with E-state index in [4.69, 9.17) is 5.73 Å². The molecule has 0 aliphatic carbocycles. The lowest BCUT2D eigenvalue weighted by molar-refractivity contribution is -0.130. The Morgan fingerprint density at radius 3 is 2.96 bits per heavy atom. The highest BCUT2D eigenvalue weighted by molar-refractivity contribution is 5.75. The van der Waals surface area contributed by atoms with Gasteiger partial charge in [0.05, 0.1) is 0 Å². The van der Waals surface area contributed by atoms with Crippen LogP contribution >= 0.6 is 0 Å². The lowest BCUT2D eigenvalue weighted by Gasteiger charge is -2.34. The van der Waals surface area contributed by atoms with Crippen LogP contribution in [0.4, 0.5) is 11.8 Å². The molecule has 1 aliphatic rings. The summed E-state index contributed by atoms with van der Waals surface area (Å²) in [6.07, 6.45) is 6.33. The van der Waals surface area contributed by atoms with Gasteiger partial charge in [0.15, 0.2) is 0 Å². The summed E-state index contributed by atoms with van der Waals surface area (Å²) < 4.78 is 0. The first-order valence-corrected chi connectivity index (χ1v) is 10.0. The van der Waals surface area contributed by atoms with Gasteiger partial charge in [-0.05, 0) is 44.2 Å². The molecule has 0 bridgehead atoms. The minimum absolute atomic E-state index is 0.204. The number of nitrogens with two attached hydrogens (primary N) is 1. The van der Waals surface area contributed by atoms with Crippen LogP contribution in [-0.4, -0.2) is 52.4 Å². The third-order valence-corrected chi connectivity index (χ3v) is 5.32. The van der Waals surface area contributed by atoms with E-state index < -0.39 is 0 Å². The number of pyridine rings is 1. The summed E-state index contributed by atoms with van der Waals surface area (Å²) in [5.41, 5.74) is 7.70. The molecular formula is C21H30N6O. The molecule has 0 radical (unpaired) electrons. The van der Waals surface area contributed by atoms with Gasteiger partial charge in [-0.15, -0.1) is 0 Å². The third-order valence-electron chi connectivity index (χ3n) is 5.32. The summed E-state index contributed by atoms with van der Waals surface area (Å²) in [6.45, 7) is 4.53. The van der Waals surface area contributed by atoms with Crippen LogP contribution in [0.2, 0.25) is 0 Å². The number of piperidine rings is 1. The highest BCUT2D eigenvalue weighted by Gasteiger charge is 2.22. The van der Waals surface area contributed by atoms with E-state index in [9.17, 15) is 4.79 Å². The Labute approximate surface area is 167 Å². The minimum Gasteiger partial charge on any atom is -0.368 e. The monoisotopic (exact) mass is 382 g/mol. The van der Waals surface area contributed by atoms with Gasteiger partial charge in [0.2, 0.25) is 11.9 Å². The van der Waals surface area contributed by atoms with Gasteiger partial charge in [0.25, 0.3) is 0 Å². The average molecular weight is 383 g/mol. The van der Waals surface area contributed by atoms with Crippen molar-refractivity contribution in [2.75, 3.05) is 37.3 Å². The van der Waals surface area contributed by atoms with Crippen molar-refractivity contribution in [3.63, 3.8) is 0 Å². The lowest BCUT2D eigenvalue weighted by atomic mass is 9.93. The first-order valence-electron chi connectivity index (χ1n) is 10.0. The summed E-state index contributed by atoms with van der Waals surface area (Å²) in [4.78, 5) is 29.4. The van der Waals surface area contributed by atoms with Gasteiger partial charge in [0.1, 0.15) is 5.82 Å². The van der Waals surface area contributed by atoms with Gasteiger partial charge < -0.3 is 15.5 Å². The Morgan fingerprint density at radius 2 is 2.21 bits per heavy atom. The van der Waals surface area contributed by atoms with Crippen LogP contribution in [0.25, 0.3) is 0 Å². The van der Waals surface area contributed by atoms with E-state index in [0.29, 0.717) is 24.8 Å². The molecule has 28 heavy (non-hydrogen) atoms. The predicted molar refractivity (Wildman–Crippen MR) is 111 cm³/mol. The Bertz CT molecular complexity index is 761. The highest BCUT2D eigenvalue weighted by Crippen LogP contribution is 2.25. The van der Waals surface area contributed by atoms with Crippen molar-refractivity contribution in [1.82, 2.24) is 19.9 Å². The maximum atomic E-state index is 12.5. The van der Waals surface area contributed by atoms with Crippen molar-refractivity contribution in [3.05, 3.63) is 41.9 Å². The molecule has 3 rings (SSSR count). The number of carbonyl (C=O) groups excluding carboxylic acids is 1. The number of hydrogen-bond acceptors (Lipinski definition) is 6. The lowest BCUT2D eigenvalue weighted by Crippen LogP contribution is -2.37. The zero-order valence-electron chi connectivity index (χ0n) is 16.8. The third kappa shape index (κ3) is 5.65. The quantitative estimate of drug-likeness (QED) is 0.791. The van der Waals surface area contributed by atoms with E-state index in [-0.39, 0.29) is 5.91 Å². The molecule has 1 unspecified atom stereocenters. The van der Waals surface area contributed by atoms with Crippen molar-refractivity contribution < 1.29 is 4.79 Å². The first-order chi connectivity index (χ1) is 13.5. The van der Waals surface area contributed by atoms with Crippen molar-refractivity contribution in [1.29, 1.82) is 0 Å². The van der Waals surface area contributed by atoms with E-state index in [1.165, 1.54) is 0 Å². The second-order valence-corrected chi connectivity index (χ2v) is 7.61. The Morgan fingerprint density at radius 1 is 1.36 bits per heavy atom. The molecule has 7 heteroatoms. The number of nitrogens with zero attached hydrogens (tertiary/aromatic N) is 5. The molecule has 1 saturated heterocycles. The van der Waals surface area contributed by atoms with Crippen molar-refractivity contribution >= 4 is 17.7 Å². The standard InChI is InChI=1S/C21H30N6O/c1-16-14-19(25-21(22)24-16)27-12-5-6-17(15-27)8-9-20(28)26(2)13-10-18-7-3-4-11-23-18/h3-4,7,11,14,17H,5-6,8-10,12-13,15H2,1-2H3,(H2,22,24,25). The van der Waals surface area contributed by atoms with Crippen LogP contribution in [-0.2, 0) is 11.2 Å². The second kappa shape index (κ2) is 9.48. The van der Waals surface area contributed by atoms with Gasteiger partial charge in [-0.1, -0.05) is 6.07 Å². The molecule has 0 saturated carbocycles. The Balaban J connectivity index is 1.46. The summed E-state index contributed by atoms with van der Waals surface area (Å²) in [7, 11) is 1.88. The summed E-state index contributed by atoms with van der Waals surface area (Å²) in [5.74, 6) is 1.92. The normalized spacial score (nSPS) is 16.8. The molecule has 0 aromatic carbocycles. The van der Waals surface area contributed by atoms with Crippen LogP contribution in [0.1, 0.15) is 37.1 Å². The zero-order valence-corrected chi connectivity index (χ0v) is 16.8. The SMILES string of the molecule is Cc1cc(N2CCCC(CCC(=O)N(C)CCc3ccccn3)C2)nc(N)n1. The maximum absolute atomic E-state index is 12.5. The van der Waals surface area contributed by atoms with Gasteiger partial charge in [-0.3, -0.25) is 9.78 Å². The molecular weight excluding hydrogens is 352 g/mol. The number of aryl methyl sites for hydroxylation is 1. The molecule has 150 valence electrons. The molecule has 1 aliphatic heterocycles. The van der Waals surface area contributed by atoms with Crippen LogP contribution in [0, 0.1) is 12.8 Å². The zero-order chi connectivity index (χ0) is 19.9. The van der Waals surface area contributed by atoms with E-state index in [1.54, 1.807) is 6.20 Å². The fourth-order valence-corrected chi connectivity index (χ4v) is 3.72. The number of amides is 1. The van der Waals surface area contributed by atoms with Crippen molar-refractivity contribution in [2.45, 2.75) is 39.0 Å². The molecule has 3 heterocycles. The number of rotatable bonds is 7. The van der Waals surface area contributed by atoms with Gasteiger partial charge >= 0.3 is 0 Å². The summed E-state index contributed by atoms with van der Waals surface area (Å²) in [6, 6.07) is 7.86. The molecule has 0 spiro atoms. The van der Waals surface area contributed by atoms with Crippen molar-refractivity contribution in [3.8, 4) is 0 Å². The molecule has 1 fully saturated rings. The van der Waals surface area contributed by atoms with Gasteiger partial charge in [0, 0.05) is 63.2 Å². The van der Waals surface area contributed by atoms with Crippen LogP contribution in [0.5, 0.6) is 0 Å². The molecule has 2 N–H and O–H groups in total. The maximum Gasteiger partial charge on any atom is 0.222 e.